The minimum absolute atomic E-state index is 1.03. The van der Waals surface area contributed by atoms with Crippen LogP contribution < -0.4 is 10.2 Å². The van der Waals surface area contributed by atoms with Crippen LogP contribution in [0, 0.1) is 0 Å². The second-order valence-corrected chi connectivity index (χ2v) is 5.33. The summed E-state index contributed by atoms with van der Waals surface area (Å²) in [5.74, 6) is 0. The van der Waals surface area contributed by atoms with Crippen LogP contribution in [0.15, 0.2) is 47.2 Å². The fourth-order valence-electron chi connectivity index (χ4n) is 2.12. The minimum atomic E-state index is 1.03. The molecular formula is C16H22N2S. The summed E-state index contributed by atoms with van der Waals surface area (Å²) in [5.41, 5.74) is 2.75. The molecule has 19 heavy (non-hydrogen) atoms. The van der Waals surface area contributed by atoms with E-state index in [1.807, 2.05) is 0 Å². The van der Waals surface area contributed by atoms with E-state index in [2.05, 4.69) is 64.3 Å². The van der Waals surface area contributed by atoms with Gasteiger partial charge in [-0.3, -0.25) is 0 Å². The summed E-state index contributed by atoms with van der Waals surface area (Å²) in [7, 11) is 0. The number of nitrogens with zero attached hydrogens (tertiary/aromatic N) is 1. The molecule has 0 spiro atoms. The van der Waals surface area contributed by atoms with Crippen molar-refractivity contribution < 1.29 is 0 Å². The lowest BCUT2D eigenvalue weighted by Gasteiger charge is -2.23. The molecule has 2 aromatic rings. The minimum Gasteiger partial charge on any atom is -0.371 e. The van der Waals surface area contributed by atoms with Crippen LogP contribution in [0.2, 0.25) is 0 Å². The van der Waals surface area contributed by atoms with Gasteiger partial charge in [-0.15, -0.1) is 0 Å². The average Bonchev–Trinajstić information content (AvgIpc) is 2.97. The maximum atomic E-state index is 3.52. The third-order valence-corrected chi connectivity index (χ3v) is 3.96. The zero-order valence-electron chi connectivity index (χ0n) is 11.5. The maximum Gasteiger partial charge on any atom is 0.0366 e. The number of para-hydroxylation sites is 1. The second-order valence-electron chi connectivity index (χ2n) is 4.55. The lowest BCUT2D eigenvalue weighted by molar-refractivity contribution is 0.663. The van der Waals surface area contributed by atoms with Crippen molar-refractivity contribution in [2.24, 2.45) is 0 Å². The summed E-state index contributed by atoms with van der Waals surface area (Å²) in [4.78, 5) is 2.40. The van der Waals surface area contributed by atoms with E-state index in [4.69, 9.17) is 0 Å². The molecule has 0 aliphatic rings. The first-order chi connectivity index (χ1) is 9.40. The van der Waals surface area contributed by atoms with Gasteiger partial charge in [0.1, 0.15) is 0 Å². The standard InChI is InChI=1S/C16H22N2S/c1-2-18(16-6-4-3-5-7-16)12-11-17-10-8-15-9-13-19-14-15/h3-7,9,13-14,17H,2,8,10-12H2,1H3. The number of anilines is 1. The molecule has 0 saturated carbocycles. The Labute approximate surface area is 120 Å². The summed E-state index contributed by atoms with van der Waals surface area (Å²) in [6, 6.07) is 12.8. The normalized spacial score (nSPS) is 10.6. The Balaban J connectivity index is 1.66. The maximum absolute atomic E-state index is 3.52. The molecule has 0 radical (unpaired) electrons. The van der Waals surface area contributed by atoms with E-state index in [1.54, 1.807) is 11.3 Å². The molecule has 0 saturated heterocycles. The Morgan fingerprint density at radius 2 is 1.95 bits per heavy atom. The molecule has 2 nitrogen and oxygen atoms in total. The van der Waals surface area contributed by atoms with Gasteiger partial charge in [0.05, 0.1) is 0 Å². The molecule has 1 aromatic heterocycles. The van der Waals surface area contributed by atoms with E-state index >= 15 is 0 Å². The van der Waals surface area contributed by atoms with Crippen molar-refractivity contribution in [3.63, 3.8) is 0 Å². The predicted molar refractivity (Wildman–Crippen MR) is 85.2 cm³/mol. The van der Waals surface area contributed by atoms with Gasteiger partial charge in [0.15, 0.2) is 0 Å². The zero-order valence-corrected chi connectivity index (χ0v) is 12.3. The van der Waals surface area contributed by atoms with Crippen molar-refractivity contribution in [3.8, 4) is 0 Å². The Morgan fingerprint density at radius 1 is 1.11 bits per heavy atom. The van der Waals surface area contributed by atoms with Crippen LogP contribution in [-0.4, -0.2) is 26.2 Å². The van der Waals surface area contributed by atoms with E-state index < -0.39 is 0 Å². The number of benzene rings is 1. The van der Waals surface area contributed by atoms with Gasteiger partial charge in [-0.2, -0.15) is 11.3 Å². The van der Waals surface area contributed by atoms with Gasteiger partial charge in [-0.05, 0) is 54.4 Å². The van der Waals surface area contributed by atoms with Gasteiger partial charge in [-0.25, -0.2) is 0 Å². The Hall–Kier alpha value is -1.32. The molecule has 0 amide bonds. The first-order valence-corrected chi connectivity index (χ1v) is 7.86. The molecule has 3 heteroatoms. The van der Waals surface area contributed by atoms with Crippen molar-refractivity contribution in [2.45, 2.75) is 13.3 Å². The van der Waals surface area contributed by atoms with Crippen LogP contribution >= 0.6 is 11.3 Å². The van der Waals surface area contributed by atoms with Crippen molar-refractivity contribution in [1.29, 1.82) is 0 Å². The van der Waals surface area contributed by atoms with E-state index in [1.165, 1.54) is 11.3 Å². The number of nitrogens with one attached hydrogen (secondary N) is 1. The number of likely N-dealkylation sites (N-methyl/N-ethyl adjacent to an activating group) is 1. The first kappa shape index (κ1) is 14.1. The van der Waals surface area contributed by atoms with Gasteiger partial charge < -0.3 is 10.2 Å². The van der Waals surface area contributed by atoms with Crippen LogP contribution in [0.25, 0.3) is 0 Å². The zero-order chi connectivity index (χ0) is 13.3. The molecule has 2 rings (SSSR count). The van der Waals surface area contributed by atoms with Crippen LogP contribution in [-0.2, 0) is 6.42 Å². The predicted octanol–water partition coefficient (Wildman–Crippen LogP) is 3.41. The third-order valence-electron chi connectivity index (χ3n) is 3.23. The van der Waals surface area contributed by atoms with Crippen LogP contribution in [0.5, 0.6) is 0 Å². The number of hydrogen-bond donors (Lipinski definition) is 1. The average molecular weight is 274 g/mol. The molecule has 102 valence electrons. The molecule has 0 fully saturated rings. The summed E-state index contributed by atoms with van der Waals surface area (Å²) >= 11 is 1.77. The fraction of sp³-hybridized carbons (Fsp3) is 0.375. The SMILES string of the molecule is CCN(CCNCCc1ccsc1)c1ccccc1. The van der Waals surface area contributed by atoms with Gasteiger partial charge in [0, 0.05) is 25.3 Å². The number of rotatable bonds is 8. The molecule has 1 aromatic carbocycles. The molecule has 1 heterocycles. The lowest BCUT2D eigenvalue weighted by Crippen LogP contribution is -2.32. The van der Waals surface area contributed by atoms with Crippen molar-refractivity contribution in [2.75, 3.05) is 31.1 Å². The highest BCUT2D eigenvalue weighted by atomic mass is 32.1. The van der Waals surface area contributed by atoms with Crippen LogP contribution in [0.4, 0.5) is 5.69 Å². The summed E-state index contributed by atoms with van der Waals surface area (Å²) in [5, 5.41) is 7.89. The molecule has 0 atom stereocenters. The molecule has 1 N–H and O–H groups in total. The molecule has 0 bridgehead atoms. The van der Waals surface area contributed by atoms with E-state index in [0.29, 0.717) is 0 Å². The highest BCUT2D eigenvalue weighted by Gasteiger charge is 2.02. The highest BCUT2D eigenvalue weighted by molar-refractivity contribution is 7.07. The molecule has 0 aliphatic carbocycles. The van der Waals surface area contributed by atoms with Crippen molar-refractivity contribution in [3.05, 3.63) is 52.7 Å². The van der Waals surface area contributed by atoms with Crippen molar-refractivity contribution in [1.82, 2.24) is 5.32 Å². The van der Waals surface area contributed by atoms with Crippen LogP contribution in [0.1, 0.15) is 12.5 Å². The Bertz CT molecular complexity index is 439. The van der Waals surface area contributed by atoms with Gasteiger partial charge >= 0.3 is 0 Å². The Kier molecular flexibility index (Phi) is 5.92. The van der Waals surface area contributed by atoms with E-state index in [9.17, 15) is 0 Å². The monoisotopic (exact) mass is 274 g/mol. The van der Waals surface area contributed by atoms with Gasteiger partial charge in [0.25, 0.3) is 0 Å². The third kappa shape index (κ3) is 4.69. The van der Waals surface area contributed by atoms with Gasteiger partial charge in [0.2, 0.25) is 0 Å². The van der Waals surface area contributed by atoms with E-state index in [-0.39, 0.29) is 0 Å². The quantitative estimate of drug-likeness (QED) is 0.742. The summed E-state index contributed by atoms with van der Waals surface area (Å²) < 4.78 is 0. The lowest BCUT2D eigenvalue weighted by atomic mass is 10.2. The second kappa shape index (κ2) is 7.97. The number of hydrogen-bond acceptors (Lipinski definition) is 3. The van der Waals surface area contributed by atoms with E-state index in [0.717, 1.165) is 32.6 Å². The first-order valence-electron chi connectivity index (χ1n) is 6.92. The summed E-state index contributed by atoms with van der Waals surface area (Å²) in [6.07, 6.45) is 1.13. The smallest absolute Gasteiger partial charge is 0.0366 e. The van der Waals surface area contributed by atoms with Gasteiger partial charge in [-0.1, -0.05) is 18.2 Å². The molecule has 0 unspecified atom stereocenters. The summed E-state index contributed by atoms with van der Waals surface area (Å²) in [6.45, 7) is 6.41. The Morgan fingerprint density at radius 3 is 2.63 bits per heavy atom. The molecular weight excluding hydrogens is 252 g/mol. The molecule has 0 aliphatic heterocycles. The highest BCUT2D eigenvalue weighted by Crippen LogP contribution is 2.11. The van der Waals surface area contributed by atoms with Crippen LogP contribution in [0.3, 0.4) is 0 Å². The largest absolute Gasteiger partial charge is 0.371 e. The fourth-order valence-corrected chi connectivity index (χ4v) is 2.82. The van der Waals surface area contributed by atoms with Crippen molar-refractivity contribution >= 4 is 17.0 Å². The number of thiophene rings is 1. The topological polar surface area (TPSA) is 15.3 Å².